The maximum Gasteiger partial charge on any atom is 0.311 e. The Balaban J connectivity index is 1.67. The molecule has 0 aromatic heterocycles. The number of para-hydroxylation sites is 1. The van der Waals surface area contributed by atoms with E-state index in [4.69, 9.17) is 4.74 Å². The van der Waals surface area contributed by atoms with Gasteiger partial charge < -0.3 is 14.5 Å². The van der Waals surface area contributed by atoms with Gasteiger partial charge >= 0.3 is 5.97 Å². The maximum absolute atomic E-state index is 13.0. The van der Waals surface area contributed by atoms with E-state index in [1.54, 1.807) is 7.11 Å². The van der Waals surface area contributed by atoms with Gasteiger partial charge in [0.1, 0.15) is 6.04 Å². The summed E-state index contributed by atoms with van der Waals surface area (Å²) >= 11 is 0. The molecule has 1 unspecified atom stereocenters. The quantitative estimate of drug-likeness (QED) is 0.623. The highest BCUT2D eigenvalue weighted by Crippen LogP contribution is 2.75. The average molecular weight is 353 g/mol. The first-order valence-electron chi connectivity index (χ1n) is 10.3. The summed E-state index contributed by atoms with van der Waals surface area (Å²) in [6, 6.07) is 9.56. The minimum absolute atomic E-state index is 0.00822. The summed E-state index contributed by atoms with van der Waals surface area (Å²) in [7, 11) is 4.07. The molecule has 1 aromatic rings. The monoisotopic (exact) mass is 353 g/mol. The van der Waals surface area contributed by atoms with Crippen LogP contribution in [0.5, 0.6) is 0 Å². The standard InChI is InChI=1S/C22H29N2O2/c1-24-12-5-8-20-9-10-22(16(14-20)18(25)26-2)21(11-13-24,19(20)24)15-6-3-4-7-17(15)23-22/h3-4,6-7,16,19,23H,5,8-14H2,1-2H3/q+1/t16-,19+,20+,21+,22-,24?/m0/s1. The van der Waals surface area contributed by atoms with E-state index in [0.717, 1.165) is 12.8 Å². The molecule has 3 aliphatic heterocycles. The van der Waals surface area contributed by atoms with Crippen molar-refractivity contribution in [2.45, 2.75) is 55.5 Å². The third kappa shape index (κ3) is 1.38. The Bertz CT molecular complexity index is 824. The first-order valence-corrected chi connectivity index (χ1v) is 10.3. The van der Waals surface area contributed by atoms with Gasteiger partial charge in [-0.3, -0.25) is 4.79 Å². The van der Waals surface area contributed by atoms with Crippen molar-refractivity contribution in [2.24, 2.45) is 11.3 Å². The lowest BCUT2D eigenvalue weighted by atomic mass is 9.38. The van der Waals surface area contributed by atoms with Crippen molar-refractivity contribution in [3.05, 3.63) is 29.8 Å². The van der Waals surface area contributed by atoms with Gasteiger partial charge in [0.25, 0.3) is 0 Å². The van der Waals surface area contributed by atoms with Crippen LogP contribution in [0.15, 0.2) is 24.3 Å². The molecular weight excluding hydrogens is 324 g/mol. The number of fused-ring (bicyclic) bond motifs is 3. The van der Waals surface area contributed by atoms with Gasteiger partial charge in [-0.15, -0.1) is 0 Å². The Morgan fingerprint density at radius 1 is 1.19 bits per heavy atom. The highest BCUT2D eigenvalue weighted by atomic mass is 16.5. The fraction of sp³-hybridized carbons (Fsp3) is 0.682. The number of quaternary nitrogens is 1. The number of ether oxygens (including phenoxy) is 1. The SMILES string of the molecule is COC(=O)[C@@H]1C[C@@]23CCC[N+]4(C)CC[C@@]5(c6ccccc6N[C@@]15CC2)[C@@H]34. The van der Waals surface area contributed by atoms with E-state index in [2.05, 4.69) is 36.6 Å². The molecule has 2 saturated heterocycles. The van der Waals surface area contributed by atoms with Crippen molar-refractivity contribution in [3.8, 4) is 0 Å². The van der Waals surface area contributed by atoms with Crippen LogP contribution in [0.3, 0.4) is 0 Å². The largest absolute Gasteiger partial charge is 0.469 e. The summed E-state index contributed by atoms with van der Waals surface area (Å²) in [4.78, 5) is 13.0. The molecule has 6 atom stereocenters. The second kappa shape index (κ2) is 4.46. The van der Waals surface area contributed by atoms with Gasteiger partial charge in [0, 0.05) is 17.5 Å². The summed E-state index contributed by atoms with van der Waals surface area (Å²) < 4.78 is 6.58. The molecule has 3 heterocycles. The first kappa shape index (κ1) is 15.5. The van der Waals surface area contributed by atoms with E-state index in [1.165, 1.54) is 54.5 Å². The van der Waals surface area contributed by atoms with Crippen LogP contribution in [0.4, 0.5) is 5.69 Å². The number of rotatable bonds is 1. The zero-order valence-electron chi connectivity index (χ0n) is 15.9. The highest BCUT2D eigenvalue weighted by Gasteiger charge is 2.83. The minimum atomic E-state index is -0.149. The van der Waals surface area contributed by atoms with Crippen molar-refractivity contribution in [1.29, 1.82) is 0 Å². The first-order chi connectivity index (χ1) is 12.5. The van der Waals surface area contributed by atoms with Crippen LogP contribution in [0, 0.1) is 11.3 Å². The van der Waals surface area contributed by atoms with Crippen molar-refractivity contribution in [2.75, 3.05) is 32.6 Å². The Hall–Kier alpha value is -1.55. The second-order valence-electron chi connectivity index (χ2n) is 9.94. The average Bonchev–Trinajstić information content (AvgIpc) is 3.15. The molecule has 0 radical (unpaired) electrons. The van der Waals surface area contributed by atoms with Gasteiger partial charge in [-0.2, -0.15) is 0 Å². The van der Waals surface area contributed by atoms with Gasteiger partial charge in [-0.25, -0.2) is 0 Å². The minimum Gasteiger partial charge on any atom is -0.469 e. The van der Waals surface area contributed by atoms with Crippen molar-refractivity contribution in [1.82, 2.24) is 0 Å². The van der Waals surface area contributed by atoms with Gasteiger partial charge in [-0.05, 0) is 43.7 Å². The number of nitrogens with one attached hydrogen (secondary N) is 1. The predicted molar refractivity (Wildman–Crippen MR) is 99.8 cm³/mol. The molecule has 1 N–H and O–H groups in total. The number of carbonyl (C=O) groups excluding carboxylic acids is 1. The smallest absolute Gasteiger partial charge is 0.311 e. The molecule has 3 aliphatic carbocycles. The van der Waals surface area contributed by atoms with E-state index >= 15 is 0 Å². The molecule has 1 aromatic carbocycles. The summed E-state index contributed by atoms with van der Waals surface area (Å²) in [6.07, 6.45) is 7.19. The van der Waals surface area contributed by atoms with Crippen LogP contribution in [0.1, 0.15) is 44.1 Å². The molecule has 0 amide bonds. The summed E-state index contributed by atoms with van der Waals surface area (Å²) in [6.45, 7) is 2.55. The lowest BCUT2D eigenvalue weighted by molar-refractivity contribution is -0.939. The van der Waals surface area contributed by atoms with E-state index in [-0.39, 0.29) is 22.8 Å². The topological polar surface area (TPSA) is 38.3 Å². The summed E-state index contributed by atoms with van der Waals surface area (Å²) in [5.74, 6) is -0.0107. The number of nitrogens with zero attached hydrogens (tertiary/aromatic N) is 1. The summed E-state index contributed by atoms with van der Waals surface area (Å²) in [5.41, 5.74) is 3.02. The van der Waals surface area contributed by atoms with E-state index in [1.807, 2.05) is 0 Å². The van der Waals surface area contributed by atoms with Crippen LogP contribution in [-0.2, 0) is 14.9 Å². The number of piperidine rings is 1. The number of esters is 1. The van der Waals surface area contributed by atoms with Crippen LogP contribution in [-0.4, -0.2) is 49.3 Å². The van der Waals surface area contributed by atoms with Crippen LogP contribution in [0.25, 0.3) is 0 Å². The number of anilines is 1. The van der Waals surface area contributed by atoms with Crippen LogP contribution in [0.2, 0.25) is 0 Å². The van der Waals surface area contributed by atoms with Gasteiger partial charge in [-0.1, -0.05) is 18.2 Å². The highest BCUT2D eigenvalue weighted by molar-refractivity contribution is 5.80. The van der Waals surface area contributed by atoms with Gasteiger partial charge in [0.05, 0.1) is 44.1 Å². The molecule has 5 fully saturated rings. The number of benzene rings is 1. The van der Waals surface area contributed by atoms with Gasteiger partial charge in [0.2, 0.25) is 0 Å². The van der Waals surface area contributed by atoms with E-state index < -0.39 is 0 Å². The fourth-order valence-corrected chi connectivity index (χ4v) is 8.79. The van der Waals surface area contributed by atoms with E-state index in [0.29, 0.717) is 11.5 Å². The molecule has 6 aliphatic rings. The Labute approximate surface area is 155 Å². The molecule has 138 valence electrons. The van der Waals surface area contributed by atoms with Crippen LogP contribution >= 0.6 is 0 Å². The molecule has 3 saturated carbocycles. The second-order valence-corrected chi connectivity index (χ2v) is 9.94. The molecular formula is C22H29N2O2+. The van der Waals surface area contributed by atoms with Crippen molar-refractivity contribution in [3.63, 3.8) is 0 Å². The maximum atomic E-state index is 13.0. The molecule has 7 rings (SSSR count). The van der Waals surface area contributed by atoms with Crippen molar-refractivity contribution >= 4 is 11.7 Å². The predicted octanol–water partition coefficient (Wildman–Crippen LogP) is 3.07. The van der Waals surface area contributed by atoms with Gasteiger partial charge in [0.15, 0.2) is 0 Å². The van der Waals surface area contributed by atoms with Crippen molar-refractivity contribution < 1.29 is 14.0 Å². The Morgan fingerprint density at radius 3 is 2.88 bits per heavy atom. The summed E-state index contributed by atoms with van der Waals surface area (Å²) in [5, 5.41) is 3.96. The number of methoxy groups -OCH3 is 1. The number of hydrogen-bond acceptors (Lipinski definition) is 3. The number of hydrogen-bond donors (Lipinski definition) is 1. The third-order valence-electron chi connectivity index (χ3n) is 9.30. The lowest BCUT2D eigenvalue weighted by Gasteiger charge is -2.68. The molecule has 26 heavy (non-hydrogen) atoms. The molecule has 2 bridgehead atoms. The molecule has 4 nitrogen and oxygen atoms in total. The number of carbonyl (C=O) groups is 1. The third-order valence-corrected chi connectivity index (χ3v) is 9.30. The number of likely N-dealkylation sites (N-methyl/N-ethyl adjacent to an activating group) is 1. The zero-order chi connectivity index (χ0) is 17.8. The fourth-order valence-electron chi connectivity index (χ4n) is 8.79. The van der Waals surface area contributed by atoms with Crippen LogP contribution < -0.4 is 5.32 Å². The molecule has 4 heteroatoms. The molecule has 3 spiro atoms. The Kier molecular flexibility index (Phi) is 2.66. The lowest BCUT2D eigenvalue weighted by Crippen LogP contribution is -2.79. The zero-order valence-corrected chi connectivity index (χ0v) is 15.9. The Morgan fingerprint density at radius 2 is 2.04 bits per heavy atom. The van der Waals surface area contributed by atoms with E-state index in [9.17, 15) is 4.79 Å². The normalized spacial score (nSPS) is 49.8.